The van der Waals surface area contributed by atoms with Gasteiger partial charge in [-0.3, -0.25) is 0 Å². The Balaban J connectivity index is 2.12. The molecule has 0 radical (unpaired) electrons. The molecule has 0 amide bonds. The van der Waals surface area contributed by atoms with Gasteiger partial charge in [0.25, 0.3) is 0 Å². The summed E-state index contributed by atoms with van der Waals surface area (Å²) in [4.78, 5) is 0. The van der Waals surface area contributed by atoms with E-state index in [2.05, 4.69) is 6.92 Å². The number of hydrogen-bond donors (Lipinski definition) is 1. The normalized spacial score (nSPS) is 38.0. The number of nitrogens with two attached hydrogens (primary N) is 1. The molecule has 2 saturated carbocycles. The van der Waals surface area contributed by atoms with Crippen LogP contribution in [0.25, 0.3) is 0 Å². The Morgan fingerprint density at radius 2 is 2.00 bits per heavy atom. The van der Waals surface area contributed by atoms with E-state index in [0.717, 1.165) is 5.92 Å². The lowest BCUT2D eigenvalue weighted by molar-refractivity contribution is 0.420. The van der Waals surface area contributed by atoms with Crippen molar-refractivity contribution in [3.63, 3.8) is 0 Å². The molecule has 0 heterocycles. The Bertz CT molecular complexity index is 242. The van der Waals surface area contributed by atoms with Gasteiger partial charge in [0.1, 0.15) is 0 Å². The van der Waals surface area contributed by atoms with Crippen LogP contribution >= 0.6 is 0 Å². The minimum Gasteiger partial charge on any atom is -0.327 e. The van der Waals surface area contributed by atoms with Gasteiger partial charge in [-0.1, -0.05) is 24.5 Å². The van der Waals surface area contributed by atoms with Crippen molar-refractivity contribution in [2.45, 2.75) is 70.8 Å². The van der Waals surface area contributed by atoms with Crippen LogP contribution in [-0.4, -0.2) is 6.04 Å². The zero-order chi connectivity index (χ0) is 10.7. The second-order valence-corrected chi connectivity index (χ2v) is 5.34. The molecule has 86 valence electrons. The summed E-state index contributed by atoms with van der Waals surface area (Å²) < 4.78 is 0. The van der Waals surface area contributed by atoms with Crippen molar-refractivity contribution < 1.29 is 0 Å². The highest BCUT2D eigenvalue weighted by atomic mass is 14.6. The van der Waals surface area contributed by atoms with E-state index in [-0.39, 0.29) is 0 Å². The number of hydrogen-bond acceptors (Lipinski definition) is 1. The van der Waals surface area contributed by atoms with Crippen LogP contribution < -0.4 is 5.73 Å². The van der Waals surface area contributed by atoms with Crippen molar-refractivity contribution in [2.75, 3.05) is 0 Å². The Hall–Kier alpha value is -0.300. The molecular formula is C14H25N. The summed E-state index contributed by atoms with van der Waals surface area (Å²) in [6, 6.07) is 0.459. The average Bonchev–Trinajstić information content (AvgIpc) is 2.29. The Morgan fingerprint density at radius 1 is 1.13 bits per heavy atom. The molecule has 2 fully saturated rings. The van der Waals surface area contributed by atoms with Crippen molar-refractivity contribution in [1.82, 2.24) is 0 Å². The molecule has 0 spiro atoms. The second-order valence-electron chi connectivity index (χ2n) is 5.34. The lowest BCUT2D eigenvalue weighted by atomic mass is 9.76. The SMILES string of the molecule is CCC1CCCCC1=C1CCCC(N)C1. The zero-order valence-electron chi connectivity index (χ0n) is 10.1. The first-order valence-electron chi connectivity index (χ1n) is 6.77. The van der Waals surface area contributed by atoms with E-state index < -0.39 is 0 Å². The third-order valence-electron chi connectivity index (χ3n) is 4.25. The molecule has 2 atom stereocenters. The smallest absolute Gasteiger partial charge is 0.00762 e. The summed E-state index contributed by atoms with van der Waals surface area (Å²) in [6.07, 6.45) is 12.1. The third-order valence-corrected chi connectivity index (χ3v) is 4.25. The van der Waals surface area contributed by atoms with Crippen LogP contribution in [0.3, 0.4) is 0 Å². The van der Waals surface area contributed by atoms with Crippen LogP contribution in [0.5, 0.6) is 0 Å². The van der Waals surface area contributed by atoms with Crippen molar-refractivity contribution in [1.29, 1.82) is 0 Å². The quantitative estimate of drug-likeness (QED) is 0.651. The average molecular weight is 207 g/mol. The molecule has 2 unspecified atom stereocenters. The van der Waals surface area contributed by atoms with Crippen molar-refractivity contribution in [2.24, 2.45) is 11.7 Å². The fourth-order valence-electron chi connectivity index (χ4n) is 3.39. The van der Waals surface area contributed by atoms with Gasteiger partial charge in [-0.05, 0) is 57.3 Å². The predicted molar refractivity (Wildman–Crippen MR) is 65.7 cm³/mol. The fraction of sp³-hybridized carbons (Fsp3) is 0.857. The summed E-state index contributed by atoms with van der Waals surface area (Å²) in [6.45, 7) is 2.35. The lowest BCUT2D eigenvalue weighted by Gasteiger charge is -2.31. The highest BCUT2D eigenvalue weighted by Crippen LogP contribution is 2.38. The van der Waals surface area contributed by atoms with E-state index in [1.807, 2.05) is 5.57 Å². The van der Waals surface area contributed by atoms with Gasteiger partial charge < -0.3 is 5.73 Å². The molecule has 15 heavy (non-hydrogen) atoms. The minimum atomic E-state index is 0.459. The summed E-state index contributed by atoms with van der Waals surface area (Å²) in [5.41, 5.74) is 9.65. The molecule has 0 aromatic carbocycles. The summed E-state index contributed by atoms with van der Waals surface area (Å²) in [5.74, 6) is 0.902. The predicted octanol–water partition coefficient (Wildman–Crippen LogP) is 3.78. The van der Waals surface area contributed by atoms with Crippen LogP contribution in [0.1, 0.15) is 64.7 Å². The summed E-state index contributed by atoms with van der Waals surface area (Å²) in [5, 5.41) is 0. The second kappa shape index (κ2) is 5.16. The van der Waals surface area contributed by atoms with Gasteiger partial charge >= 0.3 is 0 Å². The van der Waals surface area contributed by atoms with E-state index in [4.69, 9.17) is 5.73 Å². The van der Waals surface area contributed by atoms with Crippen LogP contribution in [0, 0.1) is 5.92 Å². The van der Waals surface area contributed by atoms with Gasteiger partial charge in [0, 0.05) is 6.04 Å². The first-order chi connectivity index (χ1) is 7.31. The van der Waals surface area contributed by atoms with Gasteiger partial charge in [0.05, 0.1) is 0 Å². The minimum absolute atomic E-state index is 0.459. The molecule has 0 aliphatic heterocycles. The molecule has 0 saturated heterocycles. The Morgan fingerprint density at radius 3 is 2.73 bits per heavy atom. The van der Waals surface area contributed by atoms with Gasteiger partial charge in [0.15, 0.2) is 0 Å². The molecule has 1 nitrogen and oxygen atoms in total. The molecule has 2 rings (SSSR count). The van der Waals surface area contributed by atoms with Crippen molar-refractivity contribution in [3.8, 4) is 0 Å². The van der Waals surface area contributed by atoms with E-state index in [9.17, 15) is 0 Å². The fourth-order valence-corrected chi connectivity index (χ4v) is 3.39. The topological polar surface area (TPSA) is 26.0 Å². The first-order valence-corrected chi connectivity index (χ1v) is 6.77. The molecule has 2 aliphatic rings. The number of allylic oxidation sites excluding steroid dienone is 1. The lowest BCUT2D eigenvalue weighted by Crippen LogP contribution is -2.25. The molecule has 2 N–H and O–H groups in total. The zero-order valence-corrected chi connectivity index (χ0v) is 10.1. The largest absolute Gasteiger partial charge is 0.327 e. The molecule has 1 heteroatoms. The maximum atomic E-state index is 6.08. The van der Waals surface area contributed by atoms with Gasteiger partial charge in [-0.15, -0.1) is 0 Å². The highest BCUT2D eigenvalue weighted by Gasteiger charge is 2.23. The monoisotopic (exact) mass is 207 g/mol. The van der Waals surface area contributed by atoms with E-state index >= 15 is 0 Å². The van der Waals surface area contributed by atoms with Gasteiger partial charge in [-0.25, -0.2) is 0 Å². The highest BCUT2D eigenvalue weighted by molar-refractivity contribution is 5.21. The standard InChI is InChI=1S/C14H25N/c1-2-11-6-3-4-9-14(11)12-7-5-8-13(15)10-12/h11,13H,2-10,15H2,1H3. The van der Waals surface area contributed by atoms with Crippen molar-refractivity contribution in [3.05, 3.63) is 11.1 Å². The number of rotatable bonds is 1. The summed E-state index contributed by atoms with van der Waals surface area (Å²) >= 11 is 0. The van der Waals surface area contributed by atoms with Crippen LogP contribution in [-0.2, 0) is 0 Å². The van der Waals surface area contributed by atoms with Crippen LogP contribution in [0.4, 0.5) is 0 Å². The maximum Gasteiger partial charge on any atom is 0.00762 e. The molecule has 0 aromatic rings. The van der Waals surface area contributed by atoms with Gasteiger partial charge in [0.2, 0.25) is 0 Å². The van der Waals surface area contributed by atoms with E-state index in [1.54, 1.807) is 5.57 Å². The van der Waals surface area contributed by atoms with Gasteiger partial charge in [-0.2, -0.15) is 0 Å². The van der Waals surface area contributed by atoms with Crippen molar-refractivity contribution >= 4 is 0 Å². The Labute approximate surface area is 94.1 Å². The molecule has 0 bridgehead atoms. The van der Waals surface area contributed by atoms with E-state index in [0.29, 0.717) is 6.04 Å². The van der Waals surface area contributed by atoms with Crippen LogP contribution in [0.15, 0.2) is 11.1 Å². The molecular weight excluding hydrogens is 182 g/mol. The van der Waals surface area contributed by atoms with Crippen LogP contribution in [0.2, 0.25) is 0 Å². The third kappa shape index (κ3) is 2.63. The Kier molecular flexibility index (Phi) is 3.85. The maximum absolute atomic E-state index is 6.08. The summed E-state index contributed by atoms with van der Waals surface area (Å²) in [7, 11) is 0. The van der Waals surface area contributed by atoms with E-state index in [1.165, 1.54) is 57.8 Å². The molecule has 0 aromatic heterocycles. The molecule has 2 aliphatic carbocycles. The first kappa shape index (κ1) is 11.2.